The van der Waals surface area contributed by atoms with E-state index in [-0.39, 0.29) is 5.41 Å². The molecule has 1 spiro atoms. The molecule has 158 valence electrons. The lowest BCUT2D eigenvalue weighted by Crippen LogP contribution is -2.25. The van der Waals surface area contributed by atoms with E-state index in [0.29, 0.717) is 0 Å². The minimum absolute atomic E-state index is 0.318. The van der Waals surface area contributed by atoms with Crippen LogP contribution in [0.2, 0.25) is 0 Å². The van der Waals surface area contributed by atoms with Gasteiger partial charge in [0.25, 0.3) is 0 Å². The average molecular weight is 433 g/mol. The van der Waals surface area contributed by atoms with Gasteiger partial charge in [0.1, 0.15) is 5.69 Å². The summed E-state index contributed by atoms with van der Waals surface area (Å²) < 4.78 is 0. The number of nitrogens with zero attached hydrogens (tertiary/aromatic N) is 1. The highest BCUT2D eigenvalue weighted by Crippen LogP contribution is 2.63. The summed E-state index contributed by atoms with van der Waals surface area (Å²) in [6, 6.07) is 41.9. The van der Waals surface area contributed by atoms with Crippen LogP contribution in [-0.2, 0) is 5.41 Å². The van der Waals surface area contributed by atoms with E-state index in [2.05, 4.69) is 120 Å². The van der Waals surface area contributed by atoms with Gasteiger partial charge < -0.3 is 0 Å². The number of aromatic amines is 1. The van der Waals surface area contributed by atoms with Crippen LogP contribution in [0, 0.1) is 0 Å². The normalized spacial score (nSPS) is 14.1. The number of hydrogen-bond acceptors (Lipinski definition) is 1. The molecule has 0 unspecified atom stereocenters. The van der Waals surface area contributed by atoms with Gasteiger partial charge in [-0.15, -0.1) is 0 Å². The van der Waals surface area contributed by atoms with Crippen molar-refractivity contribution in [3.05, 3.63) is 138 Å². The Bertz CT molecular complexity index is 1730. The number of H-pyrrole nitrogens is 1. The van der Waals surface area contributed by atoms with Crippen molar-refractivity contribution < 1.29 is 0 Å². The van der Waals surface area contributed by atoms with Crippen LogP contribution in [0.15, 0.2) is 115 Å². The average Bonchev–Trinajstić information content (AvgIpc) is 3.56. The van der Waals surface area contributed by atoms with Gasteiger partial charge in [-0.2, -0.15) is 5.10 Å². The van der Waals surface area contributed by atoms with E-state index in [1.54, 1.807) is 0 Å². The van der Waals surface area contributed by atoms with E-state index in [1.165, 1.54) is 50.1 Å². The number of benzene rings is 5. The number of fused-ring (bicyclic) bond motifs is 11. The molecule has 0 bridgehead atoms. The Balaban J connectivity index is 1.55. The molecule has 2 aliphatic carbocycles. The molecule has 0 atom stereocenters. The summed E-state index contributed by atoms with van der Waals surface area (Å²) >= 11 is 0. The summed E-state index contributed by atoms with van der Waals surface area (Å²) in [4.78, 5) is 0. The Morgan fingerprint density at radius 2 is 1.00 bits per heavy atom. The molecule has 1 heterocycles. The van der Waals surface area contributed by atoms with Gasteiger partial charge in [-0.05, 0) is 50.6 Å². The standard InChI is InChI=1S/C32H20N2/c1-5-15-25-20(10-1)21-11-2-6-16-26(21)32(25)27-17-7-3-12-22(27)30-24(14-9-18-28(30)32)31-23-13-4-8-19-29(23)33-34-31/h1-19H,(H,33,34). The fourth-order valence-electron chi connectivity index (χ4n) is 6.51. The van der Waals surface area contributed by atoms with Crippen LogP contribution in [-0.4, -0.2) is 10.2 Å². The largest absolute Gasteiger partial charge is 0.277 e. The molecule has 0 aliphatic heterocycles. The molecular weight excluding hydrogens is 412 g/mol. The zero-order chi connectivity index (χ0) is 22.3. The van der Waals surface area contributed by atoms with Crippen molar-refractivity contribution in [2.45, 2.75) is 5.41 Å². The second-order valence-corrected chi connectivity index (χ2v) is 9.23. The third-order valence-electron chi connectivity index (χ3n) is 7.75. The van der Waals surface area contributed by atoms with Gasteiger partial charge >= 0.3 is 0 Å². The van der Waals surface area contributed by atoms with Gasteiger partial charge in [0, 0.05) is 10.9 Å². The van der Waals surface area contributed by atoms with Crippen LogP contribution in [0.5, 0.6) is 0 Å². The predicted molar refractivity (Wildman–Crippen MR) is 138 cm³/mol. The van der Waals surface area contributed by atoms with E-state index in [4.69, 9.17) is 5.10 Å². The Hall–Kier alpha value is -4.43. The lowest BCUT2D eigenvalue weighted by Gasteiger charge is -2.30. The lowest BCUT2D eigenvalue weighted by molar-refractivity contribution is 0.794. The maximum atomic E-state index is 4.79. The van der Waals surface area contributed by atoms with Crippen molar-refractivity contribution in [3.8, 4) is 33.5 Å². The number of para-hydroxylation sites is 1. The first-order valence-electron chi connectivity index (χ1n) is 11.8. The second-order valence-electron chi connectivity index (χ2n) is 9.23. The molecular formula is C32H20N2. The smallest absolute Gasteiger partial charge is 0.101 e. The molecule has 0 saturated carbocycles. The molecule has 1 aromatic heterocycles. The van der Waals surface area contributed by atoms with E-state index < -0.39 is 0 Å². The number of hydrogen-bond donors (Lipinski definition) is 1. The molecule has 0 saturated heterocycles. The molecule has 6 aromatic rings. The predicted octanol–water partition coefficient (Wildman–Crippen LogP) is 7.57. The molecule has 34 heavy (non-hydrogen) atoms. The van der Waals surface area contributed by atoms with Crippen LogP contribution in [0.3, 0.4) is 0 Å². The van der Waals surface area contributed by atoms with E-state index in [9.17, 15) is 0 Å². The second kappa shape index (κ2) is 6.33. The van der Waals surface area contributed by atoms with Gasteiger partial charge in [-0.25, -0.2) is 0 Å². The maximum Gasteiger partial charge on any atom is 0.101 e. The molecule has 0 fully saturated rings. The Morgan fingerprint density at radius 3 is 1.74 bits per heavy atom. The van der Waals surface area contributed by atoms with Crippen LogP contribution in [0.1, 0.15) is 22.3 Å². The van der Waals surface area contributed by atoms with Crippen molar-refractivity contribution in [1.82, 2.24) is 10.2 Å². The summed E-state index contributed by atoms with van der Waals surface area (Å²) in [5, 5.41) is 9.19. The molecule has 1 N–H and O–H groups in total. The monoisotopic (exact) mass is 432 g/mol. The Labute approximate surface area is 197 Å². The van der Waals surface area contributed by atoms with Gasteiger partial charge in [0.15, 0.2) is 0 Å². The highest BCUT2D eigenvalue weighted by molar-refractivity contribution is 6.03. The minimum Gasteiger partial charge on any atom is -0.277 e. The Morgan fingerprint density at radius 1 is 0.471 bits per heavy atom. The zero-order valence-electron chi connectivity index (χ0n) is 18.4. The van der Waals surface area contributed by atoms with Crippen LogP contribution < -0.4 is 0 Å². The summed E-state index contributed by atoms with van der Waals surface area (Å²) in [5.41, 5.74) is 13.6. The summed E-state index contributed by atoms with van der Waals surface area (Å²) in [6.07, 6.45) is 0. The van der Waals surface area contributed by atoms with Crippen molar-refractivity contribution in [2.75, 3.05) is 0 Å². The fraction of sp³-hybridized carbons (Fsp3) is 0.0312. The highest BCUT2D eigenvalue weighted by Gasteiger charge is 2.52. The highest BCUT2D eigenvalue weighted by atomic mass is 15.1. The van der Waals surface area contributed by atoms with Gasteiger partial charge in [-0.3, -0.25) is 5.10 Å². The Kier molecular flexibility index (Phi) is 3.36. The summed E-state index contributed by atoms with van der Waals surface area (Å²) in [5.74, 6) is 0. The van der Waals surface area contributed by atoms with Crippen molar-refractivity contribution >= 4 is 10.9 Å². The van der Waals surface area contributed by atoms with Crippen LogP contribution in [0.4, 0.5) is 0 Å². The molecule has 2 aliphatic rings. The van der Waals surface area contributed by atoms with Gasteiger partial charge in [0.2, 0.25) is 0 Å². The van der Waals surface area contributed by atoms with Gasteiger partial charge in [0.05, 0.1) is 10.9 Å². The molecule has 8 rings (SSSR count). The molecule has 2 heteroatoms. The van der Waals surface area contributed by atoms with Crippen molar-refractivity contribution in [3.63, 3.8) is 0 Å². The van der Waals surface area contributed by atoms with E-state index in [0.717, 1.165) is 16.6 Å². The first-order valence-corrected chi connectivity index (χ1v) is 11.8. The summed E-state index contributed by atoms with van der Waals surface area (Å²) in [6.45, 7) is 0. The molecule has 2 nitrogen and oxygen atoms in total. The maximum absolute atomic E-state index is 4.79. The van der Waals surface area contributed by atoms with Crippen LogP contribution in [0.25, 0.3) is 44.4 Å². The number of aromatic nitrogens is 2. The van der Waals surface area contributed by atoms with Crippen LogP contribution >= 0.6 is 0 Å². The van der Waals surface area contributed by atoms with Crippen molar-refractivity contribution in [1.29, 1.82) is 0 Å². The van der Waals surface area contributed by atoms with Crippen molar-refractivity contribution in [2.24, 2.45) is 0 Å². The SMILES string of the molecule is c1ccc2c(c1)-c1ccccc1C21c2ccccc2-c2c(-c3n[nH]c4ccccc34)cccc21. The van der Waals surface area contributed by atoms with E-state index >= 15 is 0 Å². The molecule has 0 amide bonds. The zero-order valence-corrected chi connectivity index (χ0v) is 18.4. The molecule has 0 radical (unpaired) electrons. The third-order valence-corrected chi connectivity index (χ3v) is 7.75. The van der Waals surface area contributed by atoms with E-state index in [1.807, 2.05) is 0 Å². The summed E-state index contributed by atoms with van der Waals surface area (Å²) in [7, 11) is 0. The fourth-order valence-corrected chi connectivity index (χ4v) is 6.51. The molecule has 5 aromatic carbocycles. The van der Waals surface area contributed by atoms with Gasteiger partial charge in [-0.1, -0.05) is 109 Å². The first-order chi connectivity index (χ1) is 16.9. The quantitative estimate of drug-likeness (QED) is 0.285. The minimum atomic E-state index is -0.318. The number of rotatable bonds is 1. The topological polar surface area (TPSA) is 28.7 Å². The number of nitrogens with one attached hydrogen (secondary N) is 1. The first kappa shape index (κ1) is 18.0. The third kappa shape index (κ3) is 2.00. The lowest BCUT2D eigenvalue weighted by atomic mass is 9.70.